The molecule has 1 heterocycles. The number of benzene rings is 1. The monoisotopic (exact) mass is 249 g/mol. The molecule has 17 heavy (non-hydrogen) atoms. The Morgan fingerprint density at radius 3 is 3.00 bits per heavy atom. The lowest BCUT2D eigenvalue weighted by Crippen LogP contribution is -2.11. The fourth-order valence-corrected chi connectivity index (χ4v) is 1.80. The summed E-state index contributed by atoms with van der Waals surface area (Å²) in [5, 5.41) is 2.71. The quantitative estimate of drug-likeness (QED) is 0.815. The van der Waals surface area contributed by atoms with Crippen LogP contribution in [-0.4, -0.2) is 18.0 Å². The van der Waals surface area contributed by atoms with Crippen molar-refractivity contribution >= 4 is 28.6 Å². The van der Waals surface area contributed by atoms with Gasteiger partial charge in [0.25, 0.3) is 5.91 Å². The number of rotatable bonds is 3. The van der Waals surface area contributed by atoms with Gasteiger partial charge in [-0.15, -0.1) is 11.3 Å². The van der Waals surface area contributed by atoms with Gasteiger partial charge in [0.1, 0.15) is 10.6 Å². The number of amides is 1. The first kappa shape index (κ1) is 11.4. The SMILES string of the molecule is COc1ccc(N)c(NC(=O)c2cncs2)c1. The second-order valence-electron chi connectivity index (χ2n) is 3.27. The Balaban J connectivity index is 2.21. The molecule has 6 heteroatoms. The Labute approximate surface area is 102 Å². The van der Waals surface area contributed by atoms with Crippen molar-refractivity contribution in [2.75, 3.05) is 18.2 Å². The van der Waals surface area contributed by atoms with Crippen molar-refractivity contribution in [2.45, 2.75) is 0 Å². The Kier molecular flexibility index (Phi) is 3.24. The van der Waals surface area contributed by atoms with Gasteiger partial charge in [0.2, 0.25) is 0 Å². The summed E-state index contributed by atoms with van der Waals surface area (Å²) in [7, 11) is 1.56. The standard InChI is InChI=1S/C11H11N3O2S/c1-16-7-2-3-8(12)9(4-7)14-11(15)10-5-13-6-17-10/h2-6H,12H2,1H3,(H,14,15). The smallest absolute Gasteiger partial charge is 0.267 e. The van der Waals surface area contributed by atoms with Crippen LogP contribution in [0.15, 0.2) is 29.9 Å². The van der Waals surface area contributed by atoms with Crippen molar-refractivity contribution in [3.63, 3.8) is 0 Å². The third-order valence-corrected chi connectivity index (χ3v) is 2.94. The molecule has 0 spiro atoms. The molecule has 5 nitrogen and oxygen atoms in total. The van der Waals surface area contributed by atoms with E-state index in [0.29, 0.717) is 22.0 Å². The molecule has 2 rings (SSSR count). The molecule has 1 amide bonds. The van der Waals surface area contributed by atoms with Crippen LogP contribution in [0.4, 0.5) is 11.4 Å². The maximum Gasteiger partial charge on any atom is 0.267 e. The number of nitrogens with zero attached hydrogens (tertiary/aromatic N) is 1. The lowest BCUT2D eigenvalue weighted by Gasteiger charge is -2.08. The van der Waals surface area contributed by atoms with Crippen LogP contribution < -0.4 is 15.8 Å². The molecule has 0 aliphatic rings. The lowest BCUT2D eigenvalue weighted by atomic mass is 10.2. The minimum absolute atomic E-state index is 0.229. The summed E-state index contributed by atoms with van der Waals surface area (Å²) in [5.41, 5.74) is 8.38. The summed E-state index contributed by atoms with van der Waals surface area (Å²) in [6, 6.07) is 5.09. The molecule has 0 fully saturated rings. The zero-order chi connectivity index (χ0) is 12.3. The number of thiazole rings is 1. The van der Waals surface area contributed by atoms with Crippen molar-refractivity contribution in [3.05, 3.63) is 34.8 Å². The average Bonchev–Trinajstić information content (AvgIpc) is 2.85. The second kappa shape index (κ2) is 4.84. The molecule has 0 saturated heterocycles. The first-order valence-electron chi connectivity index (χ1n) is 4.84. The van der Waals surface area contributed by atoms with E-state index < -0.39 is 0 Å². The zero-order valence-electron chi connectivity index (χ0n) is 9.14. The molecular weight excluding hydrogens is 238 g/mol. The molecule has 3 N–H and O–H groups in total. The van der Waals surface area contributed by atoms with Gasteiger partial charge in [0, 0.05) is 6.07 Å². The Hall–Kier alpha value is -2.08. The highest BCUT2D eigenvalue weighted by molar-refractivity contribution is 7.11. The van der Waals surface area contributed by atoms with Crippen molar-refractivity contribution in [1.29, 1.82) is 0 Å². The number of anilines is 2. The van der Waals surface area contributed by atoms with Gasteiger partial charge in [0.15, 0.2) is 0 Å². The number of hydrogen-bond acceptors (Lipinski definition) is 5. The van der Waals surface area contributed by atoms with E-state index >= 15 is 0 Å². The number of nitrogens with one attached hydrogen (secondary N) is 1. The molecule has 0 unspecified atom stereocenters. The van der Waals surface area contributed by atoms with E-state index in [-0.39, 0.29) is 5.91 Å². The number of nitrogen functional groups attached to an aromatic ring is 1. The molecule has 1 aromatic carbocycles. The average molecular weight is 249 g/mol. The van der Waals surface area contributed by atoms with Crippen LogP contribution in [0, 0.1) is 0 Å². The topological polar surface area (TPSA) is 77.2 Å². The Bertz CT molecular complexity index is 526. The van der Waals surface area contributed by atoms with E-state index in [1.54, 1.807) is 30.8 Å². The van der Waals surface area contributed by atoms with E-state index in [1.807, 2.05) is 0 Å². The first-order chi connectivity index (χ1) is 8.20. The molecule has 0 radical (unpaired) electrons. The lowest BCUT2D eigenvalue weighted by molar-refractivity contribution is 0.103. The Morgan fingerprint density at radius 2 is 2.35 bits per heavy atom. The molecule has 0 atom stereocenters. The number of ether oxygens (including phenoxy) is 1. The van der Waals surface area contributed by atoms with Crippen molar-refractivity contribution in [3.8, 4) is 5.75 Å². The van der Waals surface area contributed by atoms with Crippen molar-refractivity contribution in [2.24, 2.45) is 0 Å². The van der Waals surface area contributed by atoms with Crippen LogP contribution in [0.2, 0.25) is 0 Å². The fraction of sp³-hybridized carbons (Fsp3) is 0.0909. The van der Waals surface area contributed by atoms with Crippen LogP contribution in [0.1, 0.15) is 9.67 Å². The van der Waals surface area contributed by atoms with Crippen LogP contribution in [0.3, 0.4) is 0 Å². The second-order valence-corrected chi connectivity index (χ2v) is 4.16. The van der Waals surface area contributed by atoms with E-state index in [1.165, 1.54) is 17.5 Å². The van der Waals surface area contributed by atoms with Gasteiger partial charge in [-0.05, 0) is 12.1 Å². The molecule has 0 bridgehead atoms. The van der Waals surface area contributed by atoms with E-state index in [2.05, 4.69) is 10.3 Å². The first-order valence-corrected chi connectivity index (χ1v) is 5.72. The molecule has 1 aromatic heterocycles. The normalized spacial score (nSPS) is 9.94. The number of hydrogen-bond donors (Lipinski definition) is 2. The van der Waals surface area contributed by atoms with E-state index in [0.717, 1.165) is 0 Å². The van der Waals surface area contributed by atoms with Crippen LogP contribution in [0.5, 0.6) is 5.75 Å². The van der Waals surface area contributed by atoms with Crippen LogP contribution in [0.25, 0.3) is 0 Å². The molecular formula is C11H11N3O2S. The predicted octanol–water partition coefficient (Wildman–Crippen LogP) is 1.99. The van der Waals surface area contributed by atoms with E-state index in [9.17, 15) is 4.79 Å². The zero-order valence-corrected chi connectivity index (χ0v) is 9.95. The molecule has 0 aliphatic carbocycles. The summed E-state index contributed by atoms with van der Waals surface area (Å²) >= 11 is 1.27. The van der Waals surface area contributed by atoms with Gasteiger partial charge in [-0.25, -0.2) is 0 Å². The number of nitrogens with two attached hydrogens (primary N) is 1. The van der Waals surface area contributed by atoms with Gasteiger partial charge >= 0.3 is 0 Å². The predicted molar refractivity (Wildman–Crippen MR) is 67.5 cm³/mol. The maximum absolute atomic E-state index is 11.8. The number of methoxy groups -OCH3 is 1. The van der Waals surface area contributed by atoms with Crippen LogP contribution in [-0.2, 0) is 0 Å². The summed E-state index contributed by atoms with van der Waals surface area (Å²) in [6.07, 6.45) is 1.51. The third-order valence-electron chi connectivity index (χ3n) is 2.16. The third kappa shape index (κ3) is 2.54. The highest BCUT2D eigenvalue weighted by atomic mass is 32.1. The van der Waals surface area contributed by atoms with Gasteiger partial charge in [-0.2, -0.15) is 0 Å². The van der Waals surface area contributed by atoms with Crippen molar-refractivity contribution < 1.29 is 9.53 Å². The minimum Gasteiger partial charge on any atom is -0.497 e. The highest BCUT2D eigenvalue weighted by Crippen LogP contribution is 2.25. The molecule has 2 aromatic rings. The van der Waals surface area contributed by atoms with Gasteiger partial charge < -0.3 is 15.8 Å². The van der Waals surface area contributed by atoms with Crippen LogP contribution >= 0.6 is 11.3 Å². The highest BCUT2D eigenvalue weighted by Gasteiger charge is 2.10. The molecule has 88 valence electrons. The van der Waals surface area contributed by atoms with Gasteiger partial charge in [0.05, 0.1) is 30.2 Å². The maximum atomic E-state index is 11.8. The molecule has 0 aliphatic heterocycles. The summed E-state index contributed by atoms with van der Waals surface area (Å²) in [4.78, 5) is 16.2. The Morgan fingerprint density at radius 1 is 1.53 bits per heavy atom. The number of aromatic nitrogens is 1. The van der Waals surface area contributed by atoms with Crippen molar-refractivity contribution in [1.82, 2.24) is 4.98 Å². The summed E-state index contributed by atoms with van der Waals surface area (Å²) < 4.78 is 5.07. The molecule has 0 saturated carbocycles. The summed E-state index contributed by atoms with van der Waals surface area (Å²) in [6.45, 7) is 0. The largest absolute Gasteiger partial charge is 0.497 e. The van der Waals surface area contributed by atoms with E-state index in [4.69, 9.17) is 10.5 Å². The van der Waals surface area contributed by atoms with Gasteiger partial charge in [-0.1, -0.05) is 0 Å². The van der Waals surface area contributed by atoms with Gasteiger partial charge in [-0.3, -0.25) is 9.78 Å². The summed E-state index contributed by atoms with van der Waals surface area (Å²) in [5.74, 6) is 0.409. The fourth-order valence-electron chi connectivity index (χ4n) is 1.28. The minimum atomic E-state index is -0.229. The number of carbonyl (C=O) groups is 1. The number of carbonyl (C=O) groups excluding carboxylic acids is 1.